The smallest absolute Gasteiger partial charge is 0.324 e. The van der Waals surface area contributed by atoms with Gasteiger partial charge in [-0.25, -0.2) is 0 Å². The average molecular weight is 328 g/mol. The molecule has 24 heavy (non-hydrogen) atoms. The Kier molecular flexibility index (Phi) is 6.37. The molecule has 5 nitrogen and oxygen atoms in total. The summed E-state index contributed by atoms with van der Waals surface area (Å²) in [5, 5.41) is 0. The van der Waals surface area contributed by atoms with Crippen molar-refractivity contribution in [3.8, 4) is 11.5 Å². The molecule has 0 amide bonds. The molecule has 2 rings (SSSR count). The Bertz CT molecular complexity index is 646. The Balaban J connectivity index is 2.18. The molecule has 0 radical (unpaired) electrons. The van der Waals surface area contributed by atoms with Crippen LogP contribution in [0.25, 0.3) is 0 Å². The fourth-order valence-corrected chi connectivity index (χ4v) is 2.17. The zero-order valence-electron chi connectivity index (χ0n) is 13.7. The van der Waals surface area contributed by atoms with Gasteiger partial charge >= 0.3 is 11.9 Å². The highest BCUT2D eigenvalue weighted by atomic mass is 16.6. The van der Waals surface area contributed by atoms with E-state index >= 15 is 0 Å². The van der Waals surface area contributed by atoms with Gasteiger partial charge in [-0.15, -0.1) is 0 Å². The highest BCUT2D eigenvalue weighted by Crippen LogP contribution is 2.25. The van der Waals surface area contributed by atoms with Crippen molar-refractivity contribution in [2.45, 2.75) is 19.8 Å². The summed E-state index contributed by atoms with van der Waals surface area (Å²) in [5.41, 5.74) is 0.507. The monoisotopic (exact) mass is 328 g/mol. The third kappa shape index (κ3) is 4.59. The van der Waals surface area contributed by atoms with Crippen molar-refractivity contribution in [3.05, 3.63) is 60.2 Å². The normalized spacial score (nSPS) is 10.3. The van der Waals surface area contributed by atoms with Gasteiger partial charge in [-0.1, -0.05) is 30.3 Å². The molecular formula is C19H20O5. The molecule has 0 atom stereocenters. The third-order valence-corrected chi connectivity index (χ3v) is 3.24. The number of hydrogen-bond acceptors (Lipinski definition) is 5. The van der Waals surface area contributed by atoms with E-state index in [0.29, 0.717) is 17.1 Å². The van der Waals surface area contributed by atoms with E-state index in [1.165, 1.54) is 0 Å². The summed E-state index contributed by atoms with van der Waals surface area (Å²) in [4.78, 5) is 24.2. The lowest BCUT2D eigenvalue weighted by molar-refractivity contribution is -0.156. The Labute approximate surface area is 141 Å². The lowest BCUT2D eigenvalue weighted by Gasteiger charge is -2.15. The maximum absolute atomic E-state index is 12.1. The second kappa shape index (κ2) is 8.72. The quantitative estimate of drug-likeness (QED) is 0.573. The number of hydrogen-bond donors (Lipinski definition) is 0. The molecule has 0 spiro atoms. The standard InChI is InChI=1S/C19H20O5/c1-3-22-18(20)17(19(21)23-4-2)14-10-12-16(13-11-14)24-15-8-6-5-7-9-15/h5-13,17H,3-4H2,1-2H3. The minimum Gasteiger partial charge on any atom is -0.465 e. The first kappa shape index (κ1) is 17.5. The first-order valence-electron chi connectivity index (χ1n) is 7.81. The van der Waals surface area contributed by atoms with Crippen LogP contribution in [-0.4, -0.2) is 25.2 Å². The highest BCUT2D eigenvalue weighted by Gasteiger charge is 2.31. The zero-order valence-corrected chi connectivity index (χ0v) is 13.7. The predicted octanol–water partition coefficient (Wildman–Crippen LogP) is 3.69. The summed E-state index contributed by atoms with van der Waals surface area (Å²) >= 11 is 0. The number of carbonyl (C=O) groups excluding carboxylic acids is 2. The van der Waals surface area contributed by atoms with Gasteiger partial charge in [0.1, 0.15) is 11.5 Å². The van der Waals surface area contributed by atoms with Crippen LogP contribution in [0.2, 0.25) is 0 Å². The van der Waals surface area contributed by atoms with Crippen LogP contribution in [0.4, 0.5) is 0 Å². The molecule has 0 aliphatic heterocycles. The van der Waals surface area contributed by atoms with Gasteiger partial charge in [0, 0.05) is 0 Å². The summed E-state index contributed by atoms with van der Waals surface area (Å²) in [7, 11) is 0. The zero-order chi connectivity index (χ0) is 17.4. The van der Waals surface area contributed by atoms with Crippen molar-refractivity contribution >= 4 is 11.9 Å². The topological polar surface area (TPSA) is 61.8 Å². The lowest BCUT2D eigenvalue weighted by Crippen LogP contribution is -2.26. The first-order valence-corrected chi connectivity index (χ1v) is 7.81. The number of benzene rings is 2. The molecule has 0 saturated carbocycles. The summed E-state index contributed by atoms with van der Waals surface area (Å²) < 4.78 is 15.7. The van der Waals surface area contributed by atoms with Gasteiger partial charge in [-0.3, -0.25) is 9.59 Å². The molecule has 0 aliphatic carbocycles. The number of rotatable bonds is 7. The number of para-hydroxylation sites is 1. The molecule has 0 fully saturated rings. The summed E-state index contributed by atoms with van der Waals surface area (Å²) in [6.07, 6.45) is 0. The van der Waals surface area contributed by atoms with Crippen LogP contribution in [0, 0.1) is 0 Å². The number of esters is 2. The molecule has 0 aliphatic rings. The maximum Gasteiger partial charge on any atom is 0.324 e. The van der Waals surface area contributed by atoms with E-state index in [1.54, 1.807) is 38.1 Å². The van der Waals surface area contributed by atoms with Crippen molar-refractivity contribution in [1.82, 2.24) is 0 Å². The van der Waals surface area contributed by atoms with Crippen molar-refractivity contribution in [3.63, 3.8) is 0 Å². The van der Waals surface area contributed by atoms with E-state index in [1.807, 2.05) is 30.3 Å². The van der Waals surface area contributed by atoms with Gasteiger partial charge < -0.3 is 14.2 Å². The molecule has 0 bridgehead atoms. The van der Waals surface area contributed by atoms with Crippen LogP contribution in [0.1, 0.15) is 25.3 Å². The van der Waals surface area contributed by atoms with E-state index in [9.17, 15) is 9.59 Å². The maximum atomic E-state index is 12.1. The Hall–Kier alpha value is -2.82. The third-order valence-electron chi connectivity index (χ3n) is 3.24. The lowest BCUT2D eigenvalue weighted by atomic mass is 9.99. The van der Waals surface area contributed by atoms with E-state index < -0.39 is 17.9 Å². The molecule has 0 aromatic heterocycles. The molecule has 0 saturated heterocycles. The van der Waals surface area contributed by atoms with Crippen molar-refractivity contribution < 1.29 is 23.8 Å². The molecule has 0 heterocycles. The summed E-state index contributed by atoms with van der Waals surface area (Å²) in [6, 6.07) is 16.1. The van der Waals surface area contributed by atoms with E-state index in [4.69, 9.17) is 14.2 Å². The van der Waals surface area contributed by atoms with Crippen LogP contribution in [0.3, 0.4) is 0 Å². The van der Waals surface area contributed by atoms with Crippen LogP contribution in [0.5, 0.6) is 11.5 Å². The van der Waals surface area contributed by atoms with Crippen molar-refractivity contribution in [2.75, 3.05) is 13.2 Å². The van der Waals surface area contributed by atoms with Gasteiger partial charge in [-0.05, 0) is 43.7 Å². The molecular weight excluding hydrogens is 308 g/mol. The van der Waals surface area contributed by atoms with Gasteiger partial charge in [0.25, 0.3) is 0 Å². The van der Waals surface area contributed by atoms with Crippen molar-refractivity contribution in [1.29, 1.82) is 0 Å². The van der Waals surface area contributed by atoms with Gasteiger partial charge in [0.15, 0.2) is 5.92 Å². The summed E-state index contributed by atoms with van der Waals surface area (Å²) in [5.74, 6) is -1.01. The van der Waals surface area contributed by atoms with Gasteiger partial charge in [0.05, 0.1) is 13.2 Å². The Morgan fingerprint density at radius 3 is 1.79 bits per heavy atom. The van der Waals surface area contributed by atoms with E-state index in [-0.39, 0.29) is 13.2 Å². The van der Waals surface area contributed by atoms with Crippen LogP contribution in [0.15, 0.2) is 54.6 Å². The van der Waals surface area contributed by atoms with E-state index in [0.717, 1.165) is 0 Å². The molecule has 0 N–H and O–H groups in total. The molecule has 126 valence electrons. The minimum absolute atomic E-state index is 0.198. The van der Waals surface area contributed by atoms with Gasteiger partial charge in [0.2, 0.25) is 0 Å². The summed E-state index contributed by atoms with van der Waals surface area (Å²) in [6.45, 7) is 3.78. The first-order chi connectivity index (χ1) is 11.7. The minimum atomic E-state index is -1.09. The number of ether oxygens (including phenoxy) is 3. The average Bonchev–Trinajstić information content (AvgIpc) is 2.58. The van der Waals surface area contributed by atoms with Gasteiger partial charge in [-0.2, -0.15) is 0 Å². The molecule has 0 unspecified atom stereocenters. The van der Waals surface area contributed by atoms with E-state index in [2.05, 4.69) is 0 Å². The largest absolute Gasteiger partial charge is 0.465 e. The molecule has 2 aromatic rings. The fourth-order valence-electron chi connectivity index (χ4n) is 2.17. The van der Waals surface area contributed by atoms with Crippen LogP contribution in [-0.2, 0) is 19.1 Å². The predicted molar refractivity (Wildman–Crippen MR) is 89.0 cm³/mol. The van der Waals surface area contributed by atoms with Crippen LogP contribution < -0.4 is 4.74 Å². The van der Waals surface area contributed by atoms with Crippen molar-refractivity contribution in [2.24, 2.45) is 0 Å². The number of carbonyl (C=O) groups is 2. The fraction of sp³-hybridized carbons (Fsp3) is 0.263. The highest BCUT2D eigenvalue weighted by molar-refractivity contribution is 6.00. The second-order valence-electron chi connectivity index (χ2n) is 4.92. The van der Waals surface area contributed by atoms with Crippen LogP contribution >= 0.6 is 0 Å². The molecule has 2 aromatic carbocycles. The molecule has 5 heteroatoms. The Morgan fingerprint density at radius 1 is 0.792 bits per heavy atom. The SMILES string of the molecule is CCOC(=O)C(C(=O)OCC)c1ccc(Oc2ccccc2)cc1. The Morgan fingerprint density at radius 2 is 1.29 bits per heavy atom. The second-order valence-corrected chi connectivity index (χ2v) is 4.92.